The Morgan fingerprint density at radius 1 is 1.11 bits per heavy atom. The van der Waals surface area contributed by atoms with E-state index in [1.165, 1.54) is 44.1 Å². The van der Waals surface area contributed by atoms with Crippen molar-refractivity contribution in [2.45, 2.75) is 52.0 Å². The number of anilines is 1. The number of unbranched alkanes of at least 4 members (excludes halogenated alkanes) is 5. The van der Waals surface area contributed by atoms with E-state index in [-0.39, 0.29) is 0 Å². The molecule has 0 heterocycles. The standard InChI is InChI=1S/C15H25BrN2/c1-2-3-4-5-6-7-10-18-12-13-11-14(17)8-9-15(13)16/h8-9,11,18H,2-7,10,12,17H2,1H3. The first-order valence-electron chi connectivity index (χ1n) is 6.98. The molecule has 0 saturated carbocycles. The molecule has 1 aromatic carbocycles. The lowest BCUT2D eigenvalue weighted by Gasteiger charge is -2.08. The van der Waals surface area contributed by atoms with Crippen LogP contribution in [0.4, 0.5) is 5.69 Å². The van der Waals surface area contributed by atoms with Gasteiger partial charge in [0.1, 0.15) is 0 Å². The van der Waals surface area contributed by atoms with Gasteiger partial charge in [-0.15, -0.1) is 0 Å². The van der Waals surface area contributed by atoms with Gasteiger partial charge in [0, 0.05) is 16.7 Å². The van der Waals surface area contributed by atoms with Gasteiger partial charge >= 0.3 is 0 Å². The van der Waals surface area contributed by atoms with Gasteiger partial charge in [0.25, 0.3) is 0 Å². The molecular formula is C15H25BrN2. The Balaban J connectivity index is 2.09. The highest BCUT2D eigenvalue weighted by molar-refractivity contribution is 9.10. The van der Waals surface area contributed by atoms with Gasteiger partial charge < -0.3 is 11.1 Å². The fourth-order valence-corrected chi connectivity index (χ4v) is 2.37. The number of hydrogen-bond acceptors (Lipinski definition) is 2. The second-order valence-corrected chi connectivity index (χ2v) is 5.65. The molecule has 0 fully saturated rings. The van der Waals surface area contributed by atoms with Crippen LogP contribution in [0.5, 0.6) is 0 Å². The number of hydrogen-bond donors (Lipinski definition) is 2. The van der Waals surface area contributed by atoms with Gasteiger partial charge in [-0.2, -0.15) is 0 Å². The Morgan fingerprint density at radius 3 is 2.61 bits per heavy atom. The van der Waals surface area contributed by atoms with Crippen LogP contribution in [0, 0.1) is 0 Å². The molecule has 18 heavy (non-hydrogen) atoms. The van der Waals surface area contributed by atoms with Crippen molar-refractivity contribution in [1.29, 1.82) is 0 Å². The van der Waals surface area contributed by atoms with Crippen molar-refractivity contribution >= 4 is 21.6 Å². The molecule has 0 saturated heterocycles. The number of nitrogens with two attached hydrogens (primary N) is 1. The van der Waals surface area contributed by atoms with E-state index < -0.39 is 0 Å². The van der Waals surface area contributed by atoms with Gasteiger partial charge in [-0.25, -0.2) is 0 Å². The van der Waals surface area contributed by atoms with Gasteiger partial charge in [0.2, 0.25) is 0 Å². The molecule has 102 valence electrons. The average Bonchev–Trinajstić information content (AvgIpc) is 2.36. The predicted octanol–water partition coefficient (Wildman–Crippen LogP) is 4.48. The number of benzene rings is 1. The van der Waals surface area contributed by atoms with Crippen LogP contribution in [0.15, 0.2) is 22.7 Å². The summed E-state index contributed by atoms with van der Waals surface area (Å²) in [5.41, 5.74) is 7.84. The Kier molecular flexibility index (Phi) is 8.10. The van der Waals surface area contributed by atoms with Crippen molar-refractivity contribution in [2.75, 3.05) is 12.3 Å². The predicted molar refractivity (Wildman–Crippen MR) is 83.6 cm³/mol. The van der Waals surface area contributed by atoms with Crippen LogP contribution in [0.1, 0.15) is 51.0 Å². The molecule has 3 heteroatoms. The van der Waals surface area contributed by atoms with E-state index in [1.54, 1.807) is 0 Å². The minimum absolute atomic E-state index is 0.828. The Hall–Kier alpha value is -0.540. The Bertz CT molecular complexity index is 339. The highest BCUT2D eigenvalue weighted by atomic mass is 79.9. The maximum absolute atomic E-state index is 5.78. The highest BCUT2D eigenvalue weighted by Gasteiger charge is 1.99. The van der Waals surface area contributed by atoms with Crippen molar-refractivity contribution in [2.24, 2.45) is 0 Å². The molecule has 0 bridgehead atoms. The van der Waals surface area contributed by atoms with Crippen molar-refractivity contribution in [1.82, 2.24) is 5.32 Å². The van der Waals surface area contributed by atoms with Gasteiger partial charge in [0.05, 0.1) is 0 Å². The van der Waals surface area contributed by atoms with Crippen molar-refractivity contribution < 1.29 is 0 Å². The van der Waals surface area contributed by atoms with Crippen LogP contribution in [-0.2, 0) is 6.54 Å². The SMILES string of the molecule is CCCCCCCCNCc1cc(N)ccc1Br. The summed E-state index contributed by atoms with van der Waals surface area (Å²) in [4.78, 5) is 0. The first-order chi connectivity index (χ1) is 8.74. The van der Waals surface area contributed by atoms with E-state index >= 15 is 0 Å². The zero-order valence-electron chi connectivity index (χ0n) is 11.3. The van der Waals surface area contributed by atoms with E-state index in [1.807, 2.05) is 18.2 Å². The van der Waals surface area contributed by atoms with E-state index in [4.69, 9.17) is 5.73 Å². The van der Waals surface area contributed by atoms with Crippen molar-refractivity contribution in [3.63, 3.8) is 0 Å². The number of nitrogen functional groups attached to an aromatic ring is 1. The summed E-state index contributed by atoms with van der Waals surface area (Å²) in [6.45, 7) is 4.24. The zero-order chi connectivity index (χ0) is 13.2. The van der Waals surface area contributed by atoms with Crippen LogP contribution in [0.25, 0.3) is 0 Å². The molecule has 0 amide bonds. The summed E-state index contributed by atoms with van der Waals surface area (Å²) < 4.78 is 1.13. The monoisotopic (exact) mass is 312 g/mol. The summed E-state index contributed by atoms with van der Waals surface area (Å²) in [6.07, 6.45) is 8.06. The normalized spacial score (nSPS) is 10.8. The summed E-state index contributed by atoms with van der Waals surface area (Å²) in [6, 6.07) is 5.96. The second kappa shape index (κ2) is 9.40. The summed E-state index contributed by atoms with van der Waals surface area (Å²) >= 11 is 3.55. The zero-order valence-corrected chi connectivity index (χ0v) is 12.9. The highest BCUT2D eigenvalue weighted by Crippen LogP contribution is 2.19. The second-order valence-electron chi connectivity index (χ2n) is 4.80. The van der Waals surface area contributed by atoms with Gasteiger partial charge in [-0.05, 0) is 36.7 Å². The summed E-state index contributed by atoms with van der Waals surface area (Å²) in [7, 11) is 0. The van der Waals surface area contributed by atoms with Crippen LogP contribution in [0.2, 0.25) is 0 Å². The van der Waals surface area contributed by atoms with Crippen molar-refractivity contribution in [3.05, 3.63) is 28.2 Å². The molecule has 0 atom stereocenters. The molecule has 0 aromatic heterocycles. The van der Waals surface area contributed by atoms with E-state index in [0.717, 1.165) is 23.2 Å². The Morgan fingerprint density at radius 2 is 1.83 bits per heavy atom. The minimum Gasteiger partial charge on any atom is -0.399 e. The maximum atomic E-state index is 5.78. The van der Waals surface area contributed by atoms with Gasteiger partial charge in [-0.1, -0.05) is 55.0 Å². The smallest absolute Gasteiger partial charge is 0.0318 e. The maximum Gasteiger partial charge on any atom is 0.0318 e. The third-order valence-electron chi connectivity index (χ3n) is 3.09. The topological polar surface area (TPSA) is 38.0 Å². The molecule has 0 aliphatic carbocycles. The van der Waals surface area contributed by atoms with E-state index in [2.05, 4.69) is 28.2 Å². The first kappa shape index (κ1) is 15.5. The van der Waals surface area contributed by atoms with Crippen LogP contribution >= 0.6 is 15.9 Å². The average molecular weight is 313 g/mol. The molecule has 0 unspecified atom stereocenters. The van der Waals surface area contributed by atoms with Crippen molar-refractivity contribution in [3.8, 4) is 0 Å². The fourth-order valence-electron chi connectivity index (χ4n) is 1.98. The summed E-state index contributed by atoms with van der Waals surface area (Å²) in [5, 5.41) is 3.48. The largest absolute Gasteiger partial charge is 0.399 e. The molecule has 3 N–H and O–H groups in total. The minimum atomic E-state index is 0.828. The van der Waals surface area contributed by atoms with Crippen LogP contribution in [-0.4, -0.2) is 6.54 Å². The third kappa shape index (κ3) is 6.41. The third-order valence-corrected chi connectivity index (χ3v) is 3.87. The van der Waals surface area contributed by atoms with Crippen LogP contribution < -0.4 is 11.1 Å². The lowest BCUT2D eigenvalue weighted by Crippen LogP contribution is -2.15. The van der Waals surface area contributed by atoms with Crippen LogP contribution in [0.3, 0.4) is 0 Å². The van der Waals surface area contributed by atoms with E-state index in [0.29, 0.717) is 0 Å². The molecule has 2 nitrogen and oxygen atoms in total. The molecule has 0 aliphatic rings. The van der Waals surface area contributed by atoms with Gasteiger partial charge in [0.15, 0.2) is 0 Å². The molecule has 0 aliphatic heterocycles. The van der Waals surface area contributed by atoms with E-state index in [9.17, 15) is 0 Å². The lowest BCUT2D eigenvalue weighted by molar-refractivity contribution is 0.571. The van der Waals surface area contributed by atoms with Gasteiger partial charge in [-0.3, -0.25) is 0 Å². The molecule has 1 rings (SSSR count). The number of nitrogens with one attached hydrogen (secondary N) is 1. The first-order valence-corrected chi connectivity index (χ1v) is 7.78. The molecule has 1 aromatic rings. The number of rotatable bonds is 9. The lowest BCUT2D eigenvalue weighted by atomic mass is 10.1. The fraction of sp³-hybridized carbons (Fsp3) is 0.600. The molecular weight excluding hydrogens is 288 g/mol. The molecule has 0 radical (unpaired) electrons. The number of halogens is 1. The molecule has 0 spiro atoms. The quantitative estimate of drug-likeness (QED) is 0.521. The Labute approximate surface area is 119 Å². The summed E-state index contributed by atoms with van der Waals surface area (Å²) in [5.74, 6) is 0.